The first-order valence-electron chi connectivity index (χ1n) is 10.5. The Kier molecular flexibility index (Phi) is 6.71. The fourth-order valence-corrected chi connectivity index (χ4v) is 4.02. The Morgan fingerprint density at radius 1 is 1.34 bits per heavy atom. The van der Waals surface area contributed by atoms with Gasteiger partial charge in [-0.1, -0.05) is 26.3 Å². The molecule has 8 heteroatoms. The molecule has 158 valence electrons. The van der Waals surface area contributed by atoms with Gasteiger partial charge in [-0.2, -0.15) is 0 Å². The number of nitrogens with one attached hydrogen (secondary N) is 2. The van der Waals surface area contributed by atoms with E-state index in [-0.39, 0.29) is 19.0 Å². The summed E-state index contributed by atoms with van der Waals surface area (Å²) in [4.78, 5) is 42.9. The number of hydrogen-bond acceptors (Lipinski definition) is 5. The van der Waals surface area contributed by atoms with Gasteiger partial charge in [0.15, 0.2) is 0 Å². The predicted octanol–water partition coefficient (Wildman–Crippen LogP) is 2.38. The molecule has 8 nitrogen and oxygen atoms in total. The van der Waals surface area contributed by atoms with E-state index >= 15 is 0 Å². The predicted molar refractivity (Wildman–Crippen MR) is 107 cm³/mol. The van der Waals surface area contributed by atoms with Crippen molar-refractivity contribution >= 4 is 17.8 Å². The van der Waals surface area contributed by atoms with Crippen molar-refractivity contribution < 1.29 is 19.1 Å². The van der Waals surface area contributed by atoms with Gasteiger partial charge in [-0.05, 0) is 44.1 Å². The Hall–Kier alpha value is -2.64. The summed E-state index contributed by atoms with van der Waals surface area (Å²) >= 11 is 0. The molecule has 2 heterocycles. The zero-order chi connectivity index (χ0) is 20.9. The van der Waals surface area contributed by atoms with E-state index < -0.39 is 17.5 Å². The van der Waals surface area contributed by atoms with Crippen LogP contribution in [-0.2, 0) is 16.1 Å². The molecule has 2 fully saturated rings. The molecule has 0 radical (unpaired) electrons. The van der Waals surface area contributed by atoms with Crippen LogP contribution in [0.1, 0.15) is 57.9 Å². The van der Waals surface area contributed by atoms with Gasteiger partial charge in [0, 0.05) is 18.3 Å². The maximum atomic E-state index is 12.9. The smallest absolute Gasteiger partial charge is 0.325 e. The number of hydrogen-bond donors (Lipinski definition) is 2. The summed E-state index contributed by atoms with van der Waals surface area (Å²) in [7, 11) is 0. The number of rotatable bonds is 8. The molecule has 0 unspecified atom stereocenters. The summed E-state index contributed by atoms with van der Waals surface area (Å²) in [5, 5.41) is 5.61. The van der Waals surface area contributed by atoms with Crippen LogP contribution in [0.5, 0.6) is 5.88 Å². The van der Waals surface area contributed by atoms with Crippen LogP contribution < -0.4 is 15.4 Å². The maximum Gasteiger partial charge on any atom is 0.325 e. The topological polar surface area (TPSA) is 101 Å². The van der Waals surface area contributed by atoms with Crippen LogP contribution in [0.2, 0.25) is 0 Å². The molecule has 3 rings (SSSR count). The Bertz CT molecular complexity index is 759. The highest BCUT2D eigenvalue weighted by atomic mass is 16.5. The van der Waals surface area contributed by atoms with E-state index in [9.17, 15) is 14.4 Å². The fraction of sp³-hybridized carbons (Fsp3) is 0.619. The van der Waals surface area contributed by atoms with E-state index in [2.05, 4.69) is 22.5 Å². The zero-order valence-electron chi connectivity index (χ0n) is 17.2. The Labute approximate surface area is 171 Å². The molecule has 0 atom stereocenters. The van der Waals surface area contributed by atoms with Crippen molar-refractivity contribution in [1.82, 2.24) is 20.5 Å². The lowest BCUT2D eigenvalue weighted by atomic mass is 9.75. The molecule has 1 spiro atoms. The highest BCUT2D eigenvalue weighted by Gasteiger charge is 2.52. The van der Waals surface area contributed by atoms with E-state index in [0.717, 1.165) is 36.1 Å². The molecule has 0 aromatic carbocycles. The second-order valence-electron chi connectivity index (χ2n) is 7.85. The van der Waals surface area contributed by atoms with Crippen molar-refractivity contribution in [2.45, 2.75) is 64.5 Å². The highest BCUT2D eigenvalue weighted by molar-refractivity contribution is 6.09. The number of aromatic nitrogens is 1. The summed E-state index contributed by atoms with van der Waals surface area (Å²) in [5.41, 5.74) is -0.0751. The molecule has 1 aromatic rings. The van der Waals surface area contributed by atoms with Gasteiger partial charge in [-0.3, -0.25) is 14.5 Å². The molecule has 1 saturated heterocycles. The number of nitrogens with zero attached hydrogens (tertiary/aromatic N) is 2. The number of urea groups is 1. The monoisotopic (exact) mass is 402 g/mol. The Morgan fingerprint density at radius 3 is 2.79 bits per heavy atom. The summed E-state index contributed by atoms with van der Waals surface area (Å²) in [5.74, 6) is 0.418. The number of pyridine rings is 1. The largest absolute Gasteiger partial charge is 0.477 e. The summed E-state index contributed by atoms with van der Waals surface area (Å²) < 4.78 is 5.59. The molecule has 1 aromatic heterocycles. The fourth-order valence-electron chi connectivity index (χ4n) is 4.02. The lowest BCUT2D eigenvalue weighted by Crippen LogP contribution is -2.50. The van der Waals surface area contributed by atoms with E-state index in [1.807, 2.05) is 13.0 Å². The SMILES string of the molecule is CCCOc1ncccc1CNC(=O)CN1C(=O)NC2(CCC(CC)CC2)C1=O. The molecular weight excluding hydrogens is 372 g/mol. The van der Waals surface area contributed by atoms with E-state index in [1.54, 1.807) is 12.3 Å². The summed E-state index contributed by atoms with van der Waals surface area (Å²) in [6.07, 6.45) is 6.70. The first-order valence-corrected chi connectivity index (χ1v) is 10.5. The van der Waals surface area contributed by atoms with Crippen molar-refractivity contribution in [3.8, 4) is 5.88 Å². The number of carbonyl (C=O) groups is 3. The van der Waals surface area contributed by atoms with Crippen LogP contribution in [0.4, 0.5) is 4.79 Å². The van der Waals surface area contributed by atoms with Gasteiger partial charge in [0.25, 0.3) is 5.91 Å². The standard InChI is InChI=1S/C21H30N4O4/c1-3-12-29-18-16(6-5-11-22-18)13-23-17(26)14-25-19(27)21(24-20(25)28)9-7-15(4-2)8-10-21/h5-6,11,15H,3-4,7-10,12-14H2,1-2H3,(H,23,26)(H,24,28). The van der Waals surface area contributed by atoms with E-state index in [0.29, 0.717) is 31.2 Å². The van der Waals surface area contributed by atoms with Gasteiger partial charge in [-0.15, -0.1) is 0 Å². The second-order valence-corrected chi connectivity index (χ2v) is 7.85. The van der Waals surface area contributed by atoms with Crippen LogP contribution in [0.25, 0.3) is 0 Å². The first kappa shape index (κ1) is 21.1. The van der Waals surface area contributed by atoms with Gasteiger partial charge in [0.05, 0.1) is 6.61 Å². The maximum absolute atomic E-state index is 12.9. The lowest BCUT2D eigenvalue weighted by molar-refractivity contribution is -0.136. The number of amides is 4. The zero-order valence-corrected chi connectivity index (χ0v) is 17.2. The van der Waals surface area contributed by atoms with E-state index in [4.69, 9.17) is 4.74 Å². The second kappa shape index (κ2) is 9.24. The van der Waals surface area contributed by atoms with Crippen molar-refractivity contribution in [3.63, 3.8) is 0 Å². The first-order chi connectivity index (χ1) is 14.0. The van der Waals surface area contributed by atoms with Gasteiger partial charge in [0.2, 0.25) is 11.8 Å². The summed E-state index contributed by atoms with van der Waals surface area (Å²) in [6.45, 7) is 4.63. The van der Waals surface area contributed by atoms with Crippen molar-refractivity contribution in [3.05, 3.63) is 23.9 Å². The van der Waals surface area contributed by atoms with Gasteiger partial charge in [0.1, 0.15) is 12.1 Å². The minimum atomic E-state index is -0.826. The molecular formula is C21H30N4O4. The van der Waals surface area contributed by atoms with Crippen LogP contribution >= 0.6 is 0 Å². The molecule has 1 aliphatic heterocycles. The lowest BCUT2D eigenvalue weighted by Gasteiger charge is -2.34. The normalized spacial score (nSPS) is 23.9. The van der Waals surface area contributed by atoms with E-state index in [1.165, 1.54) is 0 Å². The van der Waals surface area contributed by atoms with Crippen LogP contribution in [0.15, 0.2) is 18.3 Å². The highest BCUT2D eigenvalue weighted by Crippen LogP contribution is 2.37. The van der Waals surface area contributed by atoms with Gasteiger partial charge in [-0.25, -0.2) is 9.78 Å². The number of imide groups is 1. The van der Waals surface area contributed by atoms with Crippen molar-refractivity contribution in [2.75, 3.05) is 13.2 Å². The third kappa shape index (κ3) is 4.68. The van der Waals surface area contributed by atoms with Crippen molar-refractivity contribution in [2.24, 2.45) is 5.92 Å². The minimum Gasteiger partial charge on any atom is -0.477 e. The number of carbonyl (C=O) groups excluding carboxylic acids is 3. The molecule has 29 heavy (non-hydrogen) atoms. The van der Waals surface area contributed by atoms with Crippen LogP contribution in [0.3, 0.4) is 0 Å². The molecule has 1 saturated carbocycles. The Balaban J connectivity index is 1.56. The van der Waals surface area contributed by atoms with Crippen LogP contribution in [-0.4, -0.2) is 46.4 Å². The molecule has 1 aliphatic carbocycles. The van der Waals surface area contributed by atoms with Gasteiger partial charge < -0.3 is 15.4 Å². The minimum absolute atomic E-state index is 0.221. The molecule has 2 N–H and O–H groups in total. The third-order valence-electron chi connectivity index (χ3n) is 5.85. The average Bonchev–Trinajstić information content (AvgIpc) is 2.96. The number of ether oxygens (including phenoxy) is 1. The quantitative estimate of drug-likeness (QED) is 0.650. The summed E-state index contributed by atoms with van der Waals surface area (Å²) in [6, 6.07) is 3.12. The van der Waals surface area contributed by atoms with Crippen molar-refractivity contribution in [1.29, 1.82) is 0 Å². The molecule has 0 bridgehead atoms. The third-order valence-corrected chi connectivity index (χ3v) is 5.85. The van der Waals surface area contributed by atoms with Crippen LogP contribution in [0, 0.1) is 5.92 Å². The molecule has 2 aliphatic rings. The van der Waals surface area contributed by atoms with Gasteiger partial charge >= 0.3 is 6.03 Å². The average molecular weight is 402 g/mol. The Morgan fingerprint density at radius 2 is 2.10 bits per heavy atom. The molecule has 4 amide bonds.